The minimum absolute atomic E-state index is 0.0352. The Morgan fingerprint density at radius 2 is 1.68 bits per heavy atom. The lowest BCUT2D eigenvalue weighted by atomic mass is 9.96. The van der Waals surface area contributed by atoms with E-state index in [0.717, 1.165) is 15.9 Å². The van der Waals surface area contributed by atoms with Crippen molar-refractivity contribution in [2.75, 3.05) is 4.90 Å². The van der Waals surface area contributed by atoms with Gasteiger partial charge in [0.25, 0.3) is 0 Å². The molecule has 2 aromatic heterocycles. The van der Waals surface area contributed by atoms with Crippen LogP contribution in [0.2, 0.25) is 0 Å². The van der Waals surface area contributed by atoms with E-state index in [0.29, 0.717) is 5.11 Å². The summed E-state index contributed by atoms with van der Waals surface area (Å²) in [6, 6.07) is 23.2. The van der Waals surface area contributed by atoms with Gasteiger partial charge in [0.2, 0.25) is 0 Å². The quantitative estimate of drug-likeness (QED) is 0.286. The third kappa shape index (κ3) is 3.85. The molecular weight excluding hydrogens is 504 g/mol. The second kappa shape index (κ2) is 9.01. The van der Waals surface area contributed by atoms with E-state index in [1.807, 2.05) is 18.3 Å². The first-order chi connectivity index (χ1) is 16.4. The Kier molecular flexibility index (Phi) is 6.04. The van der Waals surface area contributed by atoms with Crippen molar-refractivity contribution in [3.8, 4) is 5.69 Å². The van der Waals surface area contributed by atoms with Gasteiger partial charge in [0, 0.05) is 33.4 Å². The zero-order chi connectivity index (χ0) is 24.0. The maximum atomic E-state index is 5.92. The predicted octanol–water partition coefficient (Wildman–Crippen LogP) is 7.05. The number of rotatable bonds is 4. The summed E-state index contributed by atoms with van der Waals surface area (Å²) >= 11 is 9.56. The molecule has 1 saturated heterocycles. The second-order valence-corrected chi connectivity index (χ2v) is 10.1. The Morgan fingerprint density at radius 1 is 0.912 bits per heavy atom. The van der Waals surface area contributed by atoms with Crippen molar-refractivity contribution >= 4 is 38.9 Å². The van der Waals surface area contributed by atoms with E-state index < -0.39 is 0 Å². The molecule has 1 aliphatic rings. The summed E-state index contributed by atoms with van der Waals surface area (Å²) in [5, 5.41) is 4.29. The molecule has 172 valence electrons. The molecule has 2 aromatic carbocycles. The smallest absolute Gasteiger partial charge is 0.174 e. The molecule has 3 heterocycles. The number of anilines is 1. The lowest BCUT2D eigenvalue weighted by molar-refractivity contribution is 0.565. The fourth-order valence-corrected chi connectivity index (χ4v) is 5.59. The van der Waals surface area contributed by atoms with E-state index in [-0.39, 0.29) is 12.1 Å². The normalized spacial score (nSPS) is 17.8. The van der Waals surface area contributed by atoms with Crippen molar-refractivity contribution in [1.82, 2.24) is 14.9 Å². The van der Waals surface area contributed by atoms with Gasteiger partial charge in [-0.2, -0.15) is 0 Å². The third-order valence-corrected chi connectivity index (χ3v) is 7.87. The molecule has 1 aliphatic heterocycles. The molecule has 34 heavy (non-hydrogen) atoms. The molecule has 1 fully saturated rings. The lowest BCUT2D eigenvalue weighted by Gasteiger charge is -2.28. The van der Waals surface area contributed by atoms with E-state index in [1.165, 1.54) is 33.8 Å². The van der Waals surface area contributed by atoms with Gasteiger partial charge in [-0.3, -0.25) is 4.98 Å². The van der Waals surface area contributed by atoms with E-state index in [9.17, 15) is 0 Å². The summed E-state index contributed by atoms with van der Waals surface area (Å²) in [6.07, 6.45) is 1.85. The van der Waals surface area contributed by atoms with Crippen molar-refractivity contribution in [1.29, 1.82) is 0 Å². The van der Waals surface area contributed by atoms with Crippen molar-refractivity contribution < 1.29 is 0 Å². The van der Waals surface area contributed by atoms with Crippen molar-refractivity contribution in [2.45, 2.75) is 39.8 Å². The third-order valence-electron chi connectivity index (χ3n) is 6.66. The molecule has 1 N–H and O–H groups in total. The number of hydrogen-bond acceptors (Lipinski definition) is 2. The standard InChI is InChI=1S/C28H27BrN4S/c1-17-9-5-6-11-25(17)32-19(3)16-22(20(32)4)27-26(24-10-7-8-14-30-24)31-28(34)33(27)21-12-13-23(29)18(2)15-21/h5-16,26-27H,1-4H3,(H,31,34)/t26-,27-/m0/s1. The van der Waals surface area contributed by atoms with Crippen LogP contribution in [0.4, 0.5) is 5.69 Å². The molecule has 0 amide bonds. The Balaban J connectivity index is 1.70. The number of aromatic nitrogens is 2. The van der Waals surface area contributed by atoms with Crippen LogP contribution in [-0.4, -0.2) is 14.7 Å². The summed E-state index contributed by atoms with van der Waals surface area (Å²) < 4.78 is 3.44. The molecule has 6 heteroatoms. The monoisotopic (exact) mass is 530 g/mol. The lowest BCUT2D eigenvalue weighted by Crippen LogP contribution is -2.29. The van der Waals surface area contributed by atoms with Crippen LogP contribution in [0.25, 0.3) is 5.69 Å². The van der Waals surface area contributed by atoms with E-state index in [4.69, 9.17) is 17.2 Å². The highest BCUT2D eigenvalue weighted by atomic mass is 79.9. The number of benzene rings is 2. The number of nitrogens with zero attached hydrogens (tertiary/aromatic N) is 3. The number of para-hydroxylation sites is 1. The number of pyridine rings is 1. The van der Waals surface area contributed by atoms with Crippen molar-refractivity contribution in [3.63, 3.8) is 0 Å². The summed E-state index contributed by atoms with van der Waals surface area (Å²) in [4.78, 5) is 6.95. The SMILES string of the molecule is Cc1cc(N2C(=S)N[C@@H](c3ccccn3)[C@@H]2c2cc(C)n(-c3ccccc3C)c2C)ccc1Br. The average Bonchev–Trinajstić information content (AvgIpc) is 3.32. The molecule has 0 spiro atoms. The number of aryl methyl sites for hydroxylation is 3. The fraction of sp³-hybridized carbons (Fsp3) is 0.214. The maximum Gasteiger partial charge on any atom is 0.174 e. The summed E-state index contributed by atoms with van der Waals surface area (Å²) in [6.45, 7) is 8.65. The zero-order valence-electron chi connectivity index (χ0n) is 19.7. The summed E-state index contributed by atoms with van der Waals surface area (Å²) in [5.74, 6) is 0. The molecule has 5 rings (SSSR count). The highest BCUT2D eigenvalue weighted by Crippen LogP contribution is 2.44. The maximum absolute atomic E-state index is 5.92. The molecule has 2 atom stereocenters. The van der Waals surface area contributed by atoms with Crippen LogP contribution < -0.4 is 10.2 Å². The Bertz CT molecular complexity index is 1380. The van der Waals surface area contributed by atoms with E-state index >= 15 is 0 Å². The minimum atomic E-state index is -0.0662. The van der Waals surface area contributed by atoms with Gasteiger partial charge in [-0.05, 0) is 99.1 Å². The van der Waals surface area contributed by atoms with Crippen LogP contribution in [0.1, 0.15) is 45.9 Å². The number of halogens is 1. The van der Waals surface area contributed by atoms with Crippen molar-refractivity contribution in [3.05, 3.63) is 111 Å². The fourth-order valence-electron chi connectivity index (χ4n) is 5.00. The molecular formula is C28H27BrN4S. The average molecular weight is 532 g/mol. The van der Waals surface area contributed by atoms with Crippen LogP contribution in [0.15, 0.2) is 77.4 Å². The molecule has 4 nitrogen and oxygen atoms in total. The molecule has 4 aromatic rings. The number of nitrogens with one attached hydrogen (secondary N) is 1. The highest BCUT2D eigenvalue weighted by molar-refractivity contribution is 9.10. The highest BCUT2D eigenvalue weighted by Gasteiger charge is 2.42. The summed E-state index contributed by atoms with van der Waals surface area (Å²) in [7, 11) is 0. The summed E-state index contributed by atoms with van der Waals surface area (Å²) in [5.41, 5.74) is 9.33. The zero-order valence-corrected chi connectivity index (χ0v) is 22.1. The first-order valence-electron chi connectivity index (χ1n) is 11.4. The van der Waals surface area contributed by atoms with E-state index in [2.05, 4.69) is 113 Å². The van der Waals surface area contributed by atoms with E-state index in [1.54, 1.807) is 0 Å². The second-order valence-electron chi connectivity index (χ2n) is 8.88. The Labute approximate surface area is 214 Å². The Hall–Kier alpha value is -2.96. The Morgan fingerprint density at radius 3 is 2.38 bits per heavy atom. The van der Waals surface area contributed by atoms with Crippen LogP contribution >= 0.6 is 28.1 Å². The number of thiocarbonyl (C=S) groups is 1. The number of hydrogen-bond donors (Lipinski definition) is 1. The molecule has 0 radical (unpaired) electrons. The van der Waals surface area contributed by atoms with Gasteiger partial charge in [0.05, 0.1) is 17.8 Å². The minimum Gasteiger partial charge on any atom is -0.351 e. The predicted molar refractivity (Wildman–Crippen MR) is 147 cm³/mol. The molecule has 0 saturated carbocycles. The van der Waals surface area contributed by atoms with Crippen LogP contribution in [-0.2, 0) is 0 Å². The van der Waals surface area contributed by atoms with Crippen LogP contribution in [0, 0.1) is 27.7 Å². The van der Waals surface area contributed by atoms with Gasteiger partial charge in [-0.1, -0.05) is 40.2 Å². The van der Waals surface area contributed by atoms with Gasteiger partial charge in [0.1, 0.15) is 0 Å². The first-order valence-corrected chi connectivity index (χ1v) is 12.6. The largest absolute Gasteiger partial charge is 0.351 e. The van der Waals surface area contributed by atoms with Gasteiger partial charge < -0.3 is 14.8 Å². The van der Waals surface area contributed by atoms with Crippen LogP contribution in [0.3, 0.4) is 0 Å². The van der Waals surface area contributed by atoms with Gasteiger partial charge in [0.15, 0.2) is 5.11 Å². The molecule has 0 bridgehead atoms. The van der Waals surface area contributed by atoms with Gasteiger partial charge in [-0.25, -0.2) is 0 Å². The van der Waals surface area contributed by atoms with Gasteiger partial charge in [-0.15, -0.1) is 0 Å². The first kappa shape index (κ1) is 22.8. The molecule has 0 aliphatic carbocycles. The topological polar surface area (TPSA) is 33.1 Å². The molecule has 0 unspecified atom stereocenters. The van der Waals surface area contributed by atoms with Crippen molar-refractivity contribution in [2.24, 2.45) is 0 Å². The van der Waals surface area contributed by atoms with Gasteiger partial charge >= 0.3 is 0 Å². The van der Waals surface area contributed by atoms with Crippen LogP contribution in [0.5, 0.6) is 0 Å².